The second-order valence-electron chi connectivity index (χ2n) is 7.99. The van der Waals surface area contributed by atoms with Gasteiger partial charge < -0.3 is 9.32 Å². The highest BCUT2D eigenvalue weighted by Gasteiger charge is 2.33. The van der Waals surface area contributed by atoms with Gasteiger partial charge in [-0.15, -0.1) is 11.3 Å². The van der Waals surface area contributed by atoms with E-state index in [4.69, 9.17) is 4.42 Å². The molecule has 1 aliphatic rings. The summed E-state index contributed by atoms with van der Waals surface area (Å²) in [4.78, 5) is 29.7. The van der Waals surface area contributed by atoms with Crippen LogP contribution in [0.2, 0.25) is 0 Å². The Bertz CT molecular complexity index is 1200. The first-order chi connectivity index (χ1) is 15.7. The standard InChI is InChI=1S/C25H24N4O2S/c1-17-22(32-24(28-17)20-11-5-7-13-26-20)25(30)29-14-8-6-12-21(29)23-27-16-19(31-23)15-18-9-3-2-4-10-18/h2-5,7,9-11,13,16,21H,6,8,12,14-15H2,1H3. The van der Waals surface area contributed by atoms with Crippen molar-refractivity contribution >= 4 is 17.2 Å². The van der Waals surface area contributed by atoms with Crippen molar-refractivity contribution in [3.63, 3.8) is 0 Å². The molecule has 3 aromatic heterocycles. The summed E-state index contributed by atoms with van der Waals surface area (Å²) in [6, 6.07) is 15.7. The molecule has 1 saturated heterocycles. The second kappa shape index (κ2) is 9.04. The number of oxazole rings is 1. The molecule has 1 aromatic carbocycles. The summed E-state index contributed by atoms with van der Waals surface area (Å²) in [5.41, 5.74) is 2.70. The van der Waals surface area contributed by atoms with Gasteiger partial charge in [0.25, 0.3) is 5.91 Å². The Morgan fingerprint density at radius 2 is 1.97 bits per heavy atom. The molecule has 7 heteroatoms. The maximum Gasteiger partial charge on any atom is 0.266 e. The molecule has 0 aliphatic carbocycles. The van der Waals surface area contributed by atoms with E-state index in [1.54, 1.807) is 12.4 Å². The van der Waals surface area contributed by atoms with E-state index in [0.717, 1.165) is 41.4 Å². The van der Waals surface area contributed by atoms with Crippen molar-refractivity contribution in [3.8, 4) is 10.7 Å². The predicted octanol–water partition coefficient (Wildman–Crippen LogP) is 5.46. The number of nitrogens with zero attached hydrogens (tertiary/aromatic N) is 4. The van der Waals surface area contributed by atoms with Crippen LogP contribution in [0.3, 0.4) is 0 Å². The first kappa shape index (κ1) is 20.6. The van der Waals surface area contributed by atoms with E-state index in [9.17, 15) is 4.79 Å². The van der Waals surface area contributed by atoms with Crippen molar-refractivity contribution in [2.45, 2.75) is 38.6 Å². The van der Waals surface area contributed by atoms with E-state index in [1.807, 2.05) is 48.2 Å². The average molecular weight is 445 g/mol. The number of hydrogen-bond donors (Lipinski definition) is 0. The number of thiazole rings is 1. The third kappa shape index (κ3) is 4.21. The molecule has 0 radical (unpaired) electrons. The highest BCUT2D eigenvalue weighted by molar-refractivity contribution is 7.17. The van der Waals surface area contributed by atoms with Crippen LogP contribution >= 0.6 is 11.3 Å². The molecule has 4 aromatic rings. The zero-order valence-electron chi connectivity index (χ0n) is 17.9. The smallest absolute Gasteiger partial charge is 0.266 e. The number of amides is 1. The van der Waals surface area contributed by atoms with Crippen LogP contribution in [0.25, 0.3) is 10.7 Å². The van der Waals surface area contributed by atoms with Gasteiger partial charge in [-0.05, 0) is 43.9 Å². The number of aromatic nitrogens is 3. The Morgan fingerprint density at radius 3 is 2.78 bits per heavy atom. The Labute approximate surface area is 191 Å². The minimum atomic E-state index is -0.152. The Morgan fingerprint density at radius 1 is 1.12 bits per heavy atom. The van der Waals surface area contributed by atoms with Crippen LogP contribution in [0.4, 0.5) is 0 Å². The number of aryl methyl sites for hydroxylation is 1. The lowest BCUT2D eigenvalue weighted by Gasteiger charge is -2.33. The molecule has 5 rings (SSSR count). The summed E-state index contributed by atoms with van der Waals surface area (Å²) < 4.78 is 6.12. The van der Waals surface area contributed by atoms with Crippen molar-refractivity contribution in [2.75, 3.05) is 6.54 Å². The molecule has 0 bridgehead atoms. The van der Waals surface area contributed by atoms with Gasteiger partial charge in [-0.25, -0.2) is 9.97 Å². The fourth-order valence-electron chi connectivity index (χ4n) is 4.11. The molecule has 1 atom stereocenters. The van der Waals surface area contributed by atoms with Crippen LogP contribution in [0.1, 0.15) is 57.9 Å². The molecule has 4 heterocycles. The second-order valence-corrected chi connectivity index (χ2v) is 8.98. The predicted molar refractivity (Wildman–Crippen MR) is 123 cm³/mol. The van der Waals surface area contributed by atoms with Gasteiger partial charge in [0.05, 0.1) is 17.6 Å². The van der Waals surface area contributed by atoms with Crippen molar-refractivity contribution in [1.29, 1.82) is 0 Å². The van der Waals surface area contributed by atoms with E-state index in [-0.39, 0.29) is 11.9 Å². The molecular weight excluding hydrogens is 420 g/mol. The Balaban J connectivity index is 1.38. The number of carbonyl (C=O) groups is 1. The molecule has 0 spiro atoms. The third-order valence-electron chi connectivity index (χ3n) is 5.72. The molecule has 0 N–H and O–H groups in total. The van der Waals surface area contributed by atoms with Crippen LogP contribution in [0, 0.1) is 6.92 Å². The molecule has 32 heavy (non-hydrogen) atoms. The summed E-state index contributed by atoms with van der Waals surface area (Å²) in [5, 5.41) is 0.765. The monoisotopic (exact) mass is 444 g/mol. The largest absolute Gasteiger partial charge is 0.443 e. The van der Waals surface area contributed by atoms with Crippen molar-refractivity contribution in [1.82, 2.24) is 19.9 Å². The van der Waals surface area contributed by atoms with Gasteiger partial charge in [0.2, 0.25) is 5.89 Å². The molecule has 162 valence electrons. The zero-order chi connectivity index (χ0) is 21.9. The molecule has 1 amide bonds. The van der Waals surface area contributed by atoms with Gasteiger partial charge in [0.15, 0.2) is 0 Å². The van der Waals surface area contributed by atoms with Crippen molar-refractivity contribution in [2.24, 2.45) is 0 Å². The molecule has 1 aliphatic heterocycles. The maximum atomic E-state index is 13.6. The molecular formula is C25H24N4O2S. The van der Waals surface area contributed by atoms with E-state index in [1.165, 1.54) is 16.9 Å². The van der Waals surface area contributed by atoms with E-state index >= 15 is 0 Å². The number of carbonyl (C=O) groups excluding carboxylic acids is 1. The van der Waals surface area contributed by atoms with Gasteiger partial charge in [0.1, 0.15) is 21.7 Å². The van der Waals surface area contributed by atoms with Crippen LogP contribution in [0.5, 0.6) is 0 Å². The summed E-state index contributed by atoms with van der Waals surface area (Å²) in [7, 11) is 0. The Kier molecular flexibility index (Phi) is 5.81. The lowest BCUT2D eigenvalue weighted by molar-refractivity contribution is 0.0574. The average Bonchev–Trinajstić information content (AvgIpc) is 3.46. The maximum absolute atomic E-state index is 13.6. The first-order valence-electron chi connectivity index (χ1n) is 10.9. The van der Waals surface area contributed by atoms with Crippen LogP contribution < -0.4 is 0 Å². The quantitative estimate of drug-likeness (QED) is 0.409. The normalized spacial score (nSPS) is 16.3. The zero-order valence-corrected chi connectivity index (χ0v) is 18.7. The minimum absolute atomic E-state index is 0.00492. The van der Waals surface area contributed by atoms with Gasteiger partial charge in [-0.1, -0.05) is 36.4 Å². The highest BCUT2D eigenvalue weighted by atomic mass is 32.1. The molecule has 6 nitrogen and oxygen atoms in total. The number of pyridine rings is 1. The highest BCUT2D eigenvalue weighted by Crippen LogP contribution is 2.35. The van der Waals surface area contributed by atoms with Crippen LogP contribution in [-0.4, -0.2) is 32.3 Å². The SMILES string of the molecule is Cc1nc(-c2ccccn2)sc1C(=O)N1CCCCC1c1ncc(Cc2ccccc2)o1. The van der Waals surface area contributed by atoms with Gasteiger partial charge in [-0.2, -0.15) is 0 Å². The number of hydrogen-bond acceptors (Lipinski definition) is 6. The number of benzene rings is 1. The summed E-state index contributed by atoms with van der Waals surface area (Å²) in [5.74, 6) is 1.43. The minimum Gasteiger partial charge on any atom is -0.443 e. The fourth-order valence-corrected chi connectivity index (χ4v) is 5.11. The lowest BCUT2D eigenvalue weighted by Crippen LogP contribution is -2.38. The molecule has 1 fully saturated rings. The number of piperidine rings is 1. The van der Waals surface area contributed by atoms with E-state index in [0.29, 0.717) is 23.7 Å². The summed E-state index contributed by atoms with van der Waals surface area (Å²) >= 11 is 1.40. The summed E-state index contributed by atoms with van der Waals surface area (Å²) in [6.45, 7) is 2.58. The number of likely N-dealkylation sites (tertiary alicyclic amines) is 1. The first-order valence-corrected chi connectivity index (χ1v) is 11.7. The van der Waals surface area contributed by atoms with Crippen LogP contribution in [0.15, 0.2) is 65.3 Å². The van der Waals surface area contributed by atoms with E-state index in [2.05, 4.69) is 27.1 Å². The third-order valence-corrected chi connectivity index (χ3v) is 6.88. The molecule has 1 unspecified atom stereocenters. The lowest BCUT2D eigenvalue weighted by atomic mass is 10.0. The van der Waals surface area contributed by atoms with Gasteiger partial charge in [-0.3, -0.25) is 9.78 Å². The molecule has 0 saturated carbocycles. The van der Waals surface area contributed by atoms with Gasteiger partial charge >= 0.3 is 0 Å². The summed E-state index contributed by atoms with van der Waals surface area (Å²) in [6.07, 6.45) is 7.09. The Hall–Kier alpha value is -3.32. The van der Waals surface area contributed by atoms with Crippen LogP contribution in [-0.2, 0) is 6.42 Å². The van der Waals surface area contributed by atoms with Crippen molar-refractivity contribution in [3.05, 3.63) is 88.7 Å². The van der Waals surface area contributed by atoms with Crippen molar-refractivity contribution < 1.29 is 9.21 Å². The van der Waals surface area contributed by atoms with Gasteiger partial charge in [0, 0.05) is 19.2 Å². The number of rotatable bonds is 5. The van der Waals surface area contributed by atoms with E-state index < -0.39 is 0 Å². The fraction of sp³-hybridized carbons (Fsp3) is 0.280. The topological polar surface area (TPSA) is 72.1 Å².